The number of hydrogen-bond donors (Lipinski definition) is 1. The highest BCUT2D eigenvalue weighted by Gasteiger charge is 2.37. The molecule has 0 aromatic heterocycles. The van der Waals surface area contributed by atoms with Crippen molar-refractivity contribution in [3.05, 3.63) is 99.3 Å². The molecule has 0 radical (unpaired) electrons. The number of carbonyl (C=O) groups excluding carboxylic acids is 3. The van der Waals surface area contributed by atoms with Crippen LogP contribution in [0, 0.1) is 5.82 Å². The molecule has 184 valence electrons. The van der Waals surface area contributed by atoms with Crippen LogP contribution in [-0.2, 0) is 22.4 Å². The van der Waals surface area contributed by atoms with E-state index in [0.29, 0.717) is 46.2 Å². The summed E-state index contributed by atoms with van der Waals surface area (Å²) >= 11 is 6.57. The zero-order valence-electron chi connectivity index (χ0n) is 19.8. The molecule has 1 fully saturated rings. The highest BCUT2D eigenvalue weighted by atomic mass is 35.5. The van der Waals surface area contributed by atoms with Crippen LogP contribution in [0.1, 0.15) is 36.1 Å². The number of benzene rings is 3. The van der Waals surface area contributed by atoms with Crippen LogP contribution in [0.4, 0.5) is 14.9 Å². The van der Waals surface area contributed by atoms with Gasteiger partial charge in [0.2, 0.25) is 0 Å². The van der Waals surface area contributed by atoms with E-state index in [9.17, 15) is 18.8 Å². The number of aryl methyl sites for hydroxylation is 1. The number of rotatable bonds is 7. The molecule has 0 aliphatic carbocycles. The fraction of sp³-hybridized carbons (Fsp3) is 0.179. The number of nitrogens with zero attached hydrogens (tertiary/aromatic N) is 1. The Hall–Kier alpha value is -3.97. The van der Waals surface area contributed by atoms with Crippen molar-refractivity contribution in [1.29, 1.82) is 0 Å². The van der Waals surface area contributed by atoms with Gasteiger partial charge in [0, 0.05) is 17.0 Å². The summed E-state index contributed by atoms with van der Waals surface area (Å²) in [7, 11) is 0. The van der Waals surface area contributed by atoms with Gasteiger partial charge in [-0.1, -0.05) is 54.9 Å². The van der Waals surface area contributed by atoms with Gasteiger partial charge in [0.1, 0.15) is 17.1 Å². The first-order valence-electron chi connectivity index (χ1n) is 11.5. The van der Waals surface area contributed by atoms with E-state index < -0.39 is 17.8 Å². The van der Waals surface area contributed by atoms with Gasteiger partial charge in [-0.25, -0.2) is 14.1 Å². The molecule has 1 saturated heterocycles. The normalized spacial score (nSPS) is 14.8. The van der Waals surface area contributed by atoms with Crippen molar-refractivity contribution >= 4 is 41.2 Å². The molecule has 4 amide bonds. The van der Waals surface area contributed by atoms with Crippen molar-refractivity contribution < 1.29 is 23.5 Å². The minimum absolute atomic E-state index is 0.202. The molecule has 0 saturated carbocycles. The minimum Gasteiger partial charge on any atom is -0.494 e. The summed E-state index contributed by atoms with van der Waals surface area (Å²) in [6.07, 6.45) is 2.16. The molecule has 1 aliphatic heterocycles. The number of para-hydroxylation sites is 1. The number of hydrogen-bond acceptors (Lipinski definition) is 4. The van der Waals surface area contributed by atoms with Crippen LogP contribution < -0.4 is 15.0 Å². The Bertz CT molecular complexity index is 1390. The number of carbonyl (C=O) groups is 3. The first-order valence-corrected chi connectivity index (χ1v) is 11.9. The van der Waals surface area contributed by atoms with E-state index in [2.05, 4.69) is 5.32 Å². The largest absolute Gasteiger partial charge is 0.494 e. The Kier molecular flexibility index (Phi) is 7.50. The van der Waals surface area contributed by atoms with E-state index in [1.54, 1.807) is 49.4 Å². The monoisotopic (exact) mass is 506 g/mol. The Morgan fingerprint density at radius 1 is 1.00 bits per heavy atom. The van der Waals surface area contributed by atoms with Crippen LogP contribution in [0.2, 0.25) is 5.02 Å². The summed E-state index contributed by atoms with van der Waals surface area (Å²) in [5.41, 5.74) is 2.44. The van der Waals surface area contributed by atoms with Crippen LogP contribution in [0.5, 0.6) is 5.75 Å². The van der Waals surface area contributed by atoms with Gasteiger partial charge in [0.15, 0.2) is 0 Å². The van der Waals surface area contributed by atoms with Gasteiger partial charge in [0.25, 0.3) is 11.8 Å². The van der Waals surface area contributed by atoms with Crippen molar-refractivity contribution in [3.8, 4) is 5.75 Å². The third-order valence-electron chi connectivity index (χ3n) is 5.83. The summed E-state index contributed by atoms with van der Waals surface area (Å²) in [5, 5.41) is 2.53. The van der Waals surface area contributed by atoms with E-state index in [1.165, 1.54) is 12.1 Å². The van der Waals surface area contributed by atoms with Gasteiger partial charge in [-0.3, -0.25) is 14.9 Å². The quantitative estimate of drug-likeness (QED) is 0.329. The van der Waals surface area contributed by atoms with Gasteiger partial charge in [-0.2, -0.15) is 0 Å². The van der Waals surface area contributed by atoms with Crippen molar-refractivity contribution in [1.82, 2.24) is 5.32 Å². The standard InChI is InChI=1S/C28H24ClFN2O4/c1-3-18-9-6-8-12-24(18)32-27(34)21(26(33)31-28(32)35)13-17-14-22(29)20(25(15-17)36-4-2)16-19-10-5-7-11-23(19)30/h5-15H,3-4,16H2,1-2H3,(H,31,33,35)/b21-13-. The number of halogens is 2. The van der Waals surface area contributed by atoms with E-state index in [0.717, 1.165) is 10.5 Å². The Morgan fingerprint density at radius 3 is 2.39 bits per heavy atom. The number of anilines is 1. The van der Waals surface area contributed by atoms with Gasteiger partial charge in [0.05, 0.1) is 12.3 Å². The molecule has 3 aromatic rings. The van der Waals surface area contributed by atoms with Crippen molar-refractivity contribution in [2.24, 2.45) is 0 Å². The van der Waals surface area contributed by atoms with Crippen LogP contribution in [-0.4, -0.2) is 24.5 Å². The molecule has 36 heavy (non-hydrogen) atoms. The highest BCUT2D eigenvalue weighted by molar-refractivity contribution is 6.39. The molecule has 1 aliphatic rings. The zero-order valence-corrected chi connectivity index (χ0v) is 20.6. The van der Waals surface area contributed by atoms with Gasteiger partial charge >= 0.3 is 6.03 Å². The summed E-state index contributed by atoms with van der Waals surface area (Å²) in [6.45, 7) is 4.04. The van der Waals surface area contributed by atoms with Crippen LogP contribution in [0.25, 0.3) is 6.08 Å². The predicted molar refractivity (Wildman–Crippen MR) is 137 cm³/mol. The van der Waals surface area contributed by atoms with E-state index in [4.69, 9.17) is 16.3 Å². The lowest BCUT2D eigenvalue weighted by molar-refractivity contribution is -0.122. The molecule has 0 spiro atoms. The van der Waals surface area contributed by atoms with Gasteiger partial charge < -0.3 is 4.74 Å². The van der Waals surface area contributed by atoms with Crippen LogP contribution >= 0.6 is 11.6 Å². The smallest absolute Gasteiger partial charge is 0.335 e. The molecule has 1 N–H and O–H groups in total. The van der Waals surface area contributed by atoms with Gasteiger partial charge in [-0.05, 0) is 60.4 Å². The predicted octanol–water partition coefficient (Wildman–Crippen LogP) is 5.70. The fourth-order valence-electron chi connectivity index (χ4n) is 4.07. The lowest BCUT2D eigenvalue weighted by Crippen LogP contribution is -2.54. The highest BCUT2D eigenvalue weighted by Crippen LogP contribution is 2.33. The maximum Gasteiger partial charge on any atom is 0.335 e. The molecule has 8 heteroatoms. The fourth-order valence-corrected chi connectivity index (χ4v) is 4.36. The average molecular weight is 507 g/mol. The van der Waals surface area contributed by atoms with Crippen LogP contribution in [0.15, 0.2) is 66.2 Å². The molecule has 3 aromatic carbocycles. The zero-order chi connectivity index (χ0) is 25.8. The number of barbiturate groups is 1. The molecular weight excluding hydrogens is 483 g/mol. The second-order valence-electron chi connectivity index (χ2n) is 8.12. The molecule has 6 nitrogen and oxygen atoms in total. The summed E-state index contributed by atoms with van der Waals surface area (Å²) in [5.74, 6) is -1.49. The number of imide groups is 2. The molecule has 1 heterocycles. The van der Waals surface area contributed by atoms with E-state index in [1.807, 2.05) is 19.1 Å². The Labute approximate surface area is 213 Å². The van der Waals surface area contributed by atoms with Crippen molar-refractivity contribution in [3.63, 3.8) is 0 Å². The molecule has 0 unspecified atom stereocenters. The topological polar surface area (TPSA) is 75.7 Å². The molecular formula is C28H24ClFN2O4. The minimum atomic E-state index is -0.809. The maximum atomic E-state index is 14.3. The Balaban J connectivity index is 1.74. The van der Waals surface area contributed by atoms with Crippen molar-refractivity contribution in [2.45, 2.75) is 26.7 Å². The number of urea groups is 1. The Morgan fingerprint density at radius 2 is 1.69 bits per heavy atom. The first kappa shape index (κ1) is 25.1. The lowest BCUT2D eigenvalue weighted by atomic mass is 9.99. The number of amides is 4. The lowest BCUT2D eigenvalue weighted by Gasteiger charge is -2.28. The third-order valence-corrected chi connectivity index (χ3v) is 6.17. The summed E-state index contributed by atoms with van der Waals surface area (Å²) in [4.78, 5) is 39.5. The number of nitrogens with one attached hydrogen (secondary N) is 1. The third kappa shape index (κ3) is 5.02. The molecule has 4 rings (SSSR count). The van der Waals surface area contributed by atoms with E-state index >= 15 is 0 Å². The first-order chi connectivity index (χ1) is 17.3. The van der Waals surface area contributed by atoms with Crippen molar-refractivity contribution in [2.75, 3.05) is 11.5 Å². The van der Waals surface area contributed by atoms with E-state index in [-0.39, 0.29) is 17.8 Å². The maximum absolute atomic E-state index is 14.3. The summed E-state index contributed by atoms with van der Waals surface area (Å²) < 4.78 is 20.0. The average Bonchev–Trinajstić information content (AvgIpc) is 2.85. The van der Waals surface area contributed by atoms with Gasteiger partial charge in [-0.15, -0.1) is 0 Å². The SMILES string of the molecule is CCOc1cc(/C=C2/C(=O)NC(=O)N(c3ccccc3CC)C2=O)cc(Cl)c1Cc1ccccc1F. The molecule has 0 bridgehead atoms. The second-order valence-corrected chi connectivity index (χ2v) is 8.53. The second kappa shape index (κ2) is 10.7. The number of ether oxygens (including phenoxy) is 1. The summed E-state index contributed by atoms with van der Waals surface area (Å²) in [6, 6.07) is 15.8. The van der Waals surface area contributed by atoms with Crippen LogP contribution in [0.3, 0.4) is 0 Å². The molecule has 0 atom stereocenters.